The largest absolute Gasteiger partial charge is 0.441 e. The number of hydrogen-bond acceptors (Lipinski definition) is 3. The molecule has 1 unspecified atom stereocenters. The second-order valence-electron chi connectivity index (χ2n) is 4.55. The first-order chi connectivity index (χ1) is 9.63. The predicted octanol–water partition coefficient (Wildman–Crippen LogP) is 3.86. The SMILES string of the molecule is NC(Cc1nc2ccccc2o1)c1ccc(Cl)cc1F. The molecule has 3 rings (SSSR count). The fourth-order valence-electron chi connectivity index (χ4n) is 2.11. The Bertz CT molecular complexity index is 723. The number of fused-ring (bicyclic) bond motifs is 1. The van der Waals surface area contributed by atoms with Gasteiger partial charge in [-0.25, -0.2) is 9.37 Å². The molecule has 2 aromatic carbocycles. The van der Waals surface area contributed by atoms with E-state index in [9.17, 15) is 4.39 Å². The van der Waals surface area contributed by atoms with Crippen LogP contribution in [0.4, 0.5) is 4.39 Å². The lowest BCUT2D eigenvalue weighted by Gasteiger charge is -2.10. The normalized spacial score (nSPS) is 12.8. The summed E-state index contributed by atoms with van der Waals surface area (Å²) in [5, 5.41) is 0.348. The van der Waals surface area contributed by atoms with E-state index in [4.69, 9.17) is 21.8 Å². The maximum atomic E-state index is 13.8. The molecule has 0 saturated carbocycles. The van der Waals surface area contributed by atoms with E-state index in [0.29, 0.717) is 28.5 Å². The zero-order valence-corrected chi connectivity index (χ0v) is 11.3. The summed E-state index contributed by atoms with van der Waals surface area (Å²) in [6, 6.07) is 11.4. The van der Waals surface area contributed by atoms with Gasteiger partial charge in [0.25, 0.3) is 0 Å². The molecule has 0 fully saturated rings. The molecule has 2 N–H and O–H groups in total. The molecule has 0 amide bonds. The van der Waals surface area contributed by atoms with E-state index in [1.165, 1.54) is 6.07 Å². The highest BCUT2D eigenvalue weighted by molar-refractivity contribution is 6.30. The van der Waals surface area contributed by atoms with Gasteiger partial charge >= 0.3 is 0 Å². The number of rotatable bonds is 3. The molecule has 0 aliphatic rings. The van der Waals surface area contributed by atoms with Crippen LogP contribution < -0.4 is 5.73 Å². The van der Waals surface area contributed by atoms with Gasteiger partial charge < -0.3 is 10.2 Å². The number of benzene rings is 2. The number of oxazole rings is 1. The van der Waals surface area contributed by atoms with E-state index >= 15 is 0 Å². The van der Waals surface area contributed by atoms with Gasteiger partial charge in [0.1, 0.15) is 11.3 Å². The standard InChI is InChI=1S/C15H12ClFN2O/c16-9-5-6-10(11(17)7-9)12(18)8-15-19-13-3-1-2-4-14(13)20-15/h1-7,12H,8,18H2. The molecule has 1 atom stereocenters. The van der Waals surface area contributed by atoms with E-state index in [0.717, 1.165) is 5.52 Å². The molecule has 102 valence electrons. The highest BCUT2D eigenvalue weighted by Crippen LogP contribution is 2.23. The number of nitrogens with zero attached hydrogens (tertiary/aromatic N) is 1. The van der Waals surface area contributed by atoms with Crippen LogP contribution >= 0.6 is 11.6 Å². The lowest BCUT2D eigenvalue weighted by atomic mass is 10.0. The van der Waals surface area contributed by atoms with Crippen LogP contribution in [0.15, 0.2) is 46.9 Å². The van der Waals surface area contributed by atoms with Crippen molar-refractivity contribution >= 4 is 22.7 Å². The topological polar surface area (TPSA) is 52.0 Å². The fourth-order valence-corrected chi connectivity index (χ4v) is 2.27. The average Bonchev–Trinajstić information content (AvgIpc) is 2.80. The second-order valence-corrected chi connectivity index (χ2v) is 4.99. The van der Waals surface area contributed by atoms with Gasteiger partial charge in [-0.1, -0.05) is 29.8 Å². The highest BCUT2D eigenvalue weighted by Gasteiger charge is 2.15. The summed E-state index contributed by atoms with van der Waals surface area (Å²) in [4.78, 5) is 4.33. The van der Waals surface area contributed by atoms with Gasteiger partial charge in [0.05, 0.1) is 0 Å². The molecule has 0 bridgehead atoms. The Kier molecular flexibility index (Phi) is 3.42. The summed E-state index contributed by atoms with van der Waals surface area (Å²) in [6.45, 7) is 0. The monoisotopic (exact) mass is 290 g/mol. The second kappa shape index (κ2) is 5.23. The first kappa shape index (κ1) is 13.1. The van der Waals surface area contributed by atoms with Gasteiger partial charge in [-0.2, -0.15) is 0 Å². The third-order valence-corrected chi connectivity index (χ3v) is 3.33. The van der Waals surface area contributed by atoms with E-state index in [1.54, 1.807) is 12.1 Å². The summed E-state index contributed by atoms with van der Waals surface area (Å²) in [5.74, 6) is 0.0779. The first-order valence-electron chi connectivity index (χ1n) is 6.18. The molecule has 0 radical (unpaired) electrons. The minimum Gasteiger partial charge on any atom is -0.441 e. The predicted molar refractivity (Wildman–Crippen MR) is 76.1 cm³/mol. The van der Waals surface area contributed by atoms with Gasteiger partial charge in [0.2, 0.25) is 0 Å². The van der Waals surface area contributed by atoms with E-state index in [-0.39, 0.29) is 0 Å². The maximum Gasteiger partial charge on any atom is 0.197 e. The Labute approximate surface area is 120 Å². The third kappa shape index (κ3) is 2.53. The summed E-state index contributed by atoms with van der Waals surface area (Å²) in [5.41, 5.74) is 7.89. The smallest absolute Gasteiger partial charge is 0.197 e. The van der Waals surface area contributed by atoms with Crippen LogP contribution in [0.3, 0.4) is 0 Å². The van der Waals surface area contributed by atoms with Gasteiger partial charge in [-0.15, -0.1) is 0 Å². The Balaban J connectivity index is 1.86. The van der Waals surface area contributed by atoms with E-state index < -0.39 is 11.9 Å². The number of para-hydroxylation sites is 2. The van der Waals surface area contributed by atoms with E-state index in [2.05, 4.69) is 4.98 Å². The molecule has 3 aromatic rings. The van der Waals surface area contributed by atoms with Crippen molar-refractivity contribution in [3.05, 3.63) is 64.8 Å². The van der Waals surface area contributed by atoms with E-state index in [1.807, 2.05) is 24.3 Å². The molecule has 3 nitrogen and oxygen atoms in total. The Morgan fingerprint density at radius 1 is 1.25 bits per heavy atom. The summed E-state index contributed by atoms with van der Waals surface area (Å²) in [6.07, 6.45) is 0.327. The lowest BCUT2D eigenvalue weighted by molar-refractivity contribution is 0.492. The summed E-state index contributed by atoms with van der Waals surface area (Å²) in [7, 11) is 0. The quantitative estimate of drug-likeness (QED) is 0.797. The van der Waals surface area contributed by atoms with Crippen molar-refractivity contribution in [2.45, 2.75) is 12.5 Å². The maximum absolute atomic E-state index is 13.8. The minimum atomic E-state index is -0.527. The molecular weight excluding hydrogens is 279 g/mol. The van der Waals surface area contributed by atoms with Crippen LogP contribution in [-0.4, -0.2) is 4.98 Å². The summed E-state index contributed by atoms with van der Waals surface area (Å²) < 4.78 is 19.4. The van der Waals surface area contributed by atoms with Crippen molar-refractivity contribution < 1.29 is 8.81 Å². The van der Waals surface area contributed by atoms with Crippen LogP contribution in [-0.2, 0) is 6.42 Å². The van der Waals surface area contributed by atoms with Gasteiger partial charge in [-0.05, 0) is 24.3 Å². The average molecular weight is 291 g/mol. The van der Waals surface area contributed by atoms with Crippen LogP contribution in [0.1, 0.15) is 17.5 Å². The van der Waals surface area contributed by atoms with Crippen LogP contribution in [0, 0.1) is 5.82 Å². The molecule has 1 heterocycles. The number of aromatic nitrogens is 1. The van der Waals surface area contributed by atoms with Crippen LogP contribution in [0.2, 0.25) is 5.02 Å². The van der Waals surface area contributed by atoms with Crippen molar-refractivity contribution in [3.63, 3.8) is 0 Å². The number of nitrogens with two attached hydrogens (primary N) is 1. The molecule has 0 spiro atoms. The van der Waals surface area contributed by atoms with Crippen molar-refractivity contribution in [1.29, 1.82) is 0 Å². The molecule has 20 heavy (non-hydrogen) atoms. The fraction of sp³-hybridized carbons (Fsp3) is 0.133. The summed E-state index contributed by atoms with van der Waals surface area (Å²) >= 11 is 5.72. The molecule has 0 aliphatic carbocycles. The third-order valence-electron chi connectivity index (χ3n) is 3.09. The Hall–Kier alpha value is -1.91. The number of hydrogen-bond donors (Lipinski definition) is 1. The molecule has 5 heteroatoms. The van der Waals surface area contributed by atoms with Crippen molar-refractivity contribution in [2.24, 2.45) is 5.73 Å². The lowest BCUT2D eigenvalue weighted by Crippen LogP contribution is -2.15. The first-order valence-corrected chi connectivity index (χ1v) is 6.56. The zero-order valence-electron chi connectivity index (χ0n) is 10.5. The Morgan fingerprint density at radius 3 is 2.80 bits per heavy atom. The van der Waals surface area contributed by atoms with Crippen LogP contribution in [0.5, 0.6) is 0 Å². The Morgan fingerprint density at radius 2 is 2.05 bits per heavy atom. The van der Waals surface area contributed by atoms with Gasteiger partial charge in [0.15, 0.2) is 11.5 Å². The van der Waals surface area contributed by atoms with Crippen molar-refractivity contribution in [3.8, 4) is 0 Å². The zero-order chi connectivity index (χ0) is 14.1. The highest BCUT2D eigenvalue weighted by atomic mass is 35.5. The van der Waals surface area contributed by atoms with Gasteiger partial charge in [-0.3, -0.25) is 0 Å². The van der Waals surface area contributed by atoms with Crippen LogP contribution in [0.25, 0.3) is 11.1 Å². The van der Waals surface area contributed by atoms with Crippen molar-refractivity contribution in [1.82, 2.24) is 4.98 Å². The van der Waals surface area contributed by atoms with Crippen molar-refractivity contribution in [2.75, 3.05) is 0 Å². The van der Waals surface area contributed by atoms with Gasteiger partial charge in [0, 0.05) is 23.0 Å². The molecule has 1 aromatic heterocycles. The molecule has 0 aliphatic heterocycles. The minimum absolute atomic E-state index is 0.327. The number of halogens is 2. The molecular formula is C15H12ClFN2O. The molecule has 0 saturated heterocycles.